The van der Waals surface area contributed by atoms with Crippen molar-refractivity contribution >= 4 is 22.9 Å². The summed E-state index contributed by atoms with van der Waals surface area (Å²) in [7, 11) is 0. The van der Waals surface area contributed by atoms with Crippen LogP contribution in [0.2, 0.25) is 0 Å². The third kappa shape index (κ3) is 2.51. The number of hydrogen-bond acceptors (Lipinski definition) is 2. The fraction of sp³-hybridized carbons (Fsp3) is 0.533. The Kier molecular flexibility index (Phi) is 3.91. The van der Waals surface area contributed by atoms with Crippen LogP contribution in [0.5, 0.6) is 0 Å². The van der Waals surface area contributed by atoms with Gasteiger partial charge in [0.25, 0.3) is 0 Å². The zero-order valence-electron chi connectivity index (χ0n) is 11.4. The van der Waals surface area contributed by atoms with Gasteiger partial charge in [0.15, 0.2) is 0 Å². The first-order valence-electron chi connectivity index (χ1n) is 6.68. The molecule has 1 aromatic rings. The Morgan fingerprint density at radius 1 is 1.39 bits per heavy atom. The maximum Gasteiger partial charge on any atom is 0.106 e. The van der Waals surface area contributed by atoms with Crippen molar-refractivity contribution in [2.75, 3.05) is 11.4 Å². The van der Waals surface area contributed by atoms with Crippen molar-refractivity contribution in [3.8, 4) is 0 Å². The Balaban J connectivity index is 2.42. The second-order valence-electron chi connectivity index (χ2n) is 5.44. The van der Waals surface area contributed by atoms with E-state index in [0.29, 0.717) is 11.0 Å². The Labute approximate surface area is 115 Å². The lowest BCUT2D eigenvalue weighted by Gasteiger charge is -2.40. The zero-order valence-corrected chi connectivity index (χ0v) is 12.3. The summed E-state index contributed by atoms with van der Waals surface area (Å²) in [6.45, 7) is 7.85. The minimum atomic E-state index is 0.496. The van der Waals surface area contributed by atoms with Gasteiger partial charge in [-0.05, 0) is 50.3 Å². The summed E-state index contributed by atoms with van der Waals surface area (Å²) >= 11 is 5.18. The number of thiocarbonyl (C=S) groups is 1. The number of benzene rings is 1. The van der Waals surface area contributed by atoms with Gasteiger partial charge in [0.05, 0.1) is 0 Å². The predicted octanol–water partition coefficient (Wildman–Crippen LogP) is 3.25. The average molecular weight is 262 g/mol. The lowest BCUT2D eigenvalue weighted by atomic mass is 9.91. The monoisotopic (exact) mass is 262 g/mol. The van der Waals surface area contributed by atoms with Crippen molar-refractivity contribution in [2.45, 2.75) is 39.7 Å². The zero-order chi connectivity index (χ0) is 13.3. The largest absolute Gasteiger partial charge is 0.389 e. The minimum Gasteiger partial charge on any atom is -0.389 e. The van der Waals surface area contributed by atoms with Crippen LogP contribution in [0.25, 0.3) is 0 Å². The van der Waals surface area contributed by atoms with Crippen LogP contribution in [-0.2, 0) is 0 Å². The summed E-state index contributed by atoms with van der Waals surface area (Å²) in [5.41, 5.74) is 9.34. The number of nitrogens with two attached hydrogens (primary N) is 1. The van der Waals surface area contributed by atoms with Gasteiger partial charge in [-0.15, -0.1) is 0 Å². The van der Waals surface area contributed by atoms with Crippen molar-refractivity contribution < 1.29 is 0 Å². The molecule has 1 fully saturated rings. The standard InChI is InChI=1S/C15H22N2S/c1-10-6-7-13(15(16)18)14(9-10)17-8-4-5-11(2)12(17)3/h6-7,9,11-12H,4-5,8H2,1-3H3,(H2,16,18). The van der Waals surface area contributed by atoms with Gasteiger partial charge in [-0.2, -0.15) is 0 Å². The quantitative estimate of drug-likeness (QED) is 0.830. The lowest BCUT2D eigenvalue weighted by Crippen LogP contribution is -2.43. The molecule has 3 heteroatoms. The molecule has 0 aliphatic carbocycles. The van der Waals surface area contributed by atoms with Crippen molar-refractivity contribution in [3.63, 3.8) is 0 Å². The molecule has 2 unspecified atom stereocenters. The van der Waals surface area contributed by atoms with Crippen LogP contribution in [0.3, 0.4) is 0 Å². The first kappa shape index (κ1) is 13.3. The van der Waals surface area contributed by atoms with Gasteiger partial charge in [0.1, 0.15) is 4.99 Å². The highest BCUT2D eigenvalue weighted by Gasteiger charge is 2.26. The first-order valence-corrected chi connectivity index (χ1v) is 7.08. The second-order valence-corrected chi connectivity index (χ2v) is 5.88. The van der Waals surface area contributed by atoms with Crippen LogP contribution in [0.4, 0.5) is 5.69 Å². The van der Waals surface area contributed by atoms with Crippen molar-refractivity contribution in [3.05, 3.63) is 29.3 Å². The number of aryl methyl sites for hydroxylation is 1. The molecular formula is C15H22N2S. The summed E-state index contributed by atoms with van der Waals surface area (Å²) in [6, 6.07) is 6.89. The van der Waals surface area contributed by atoms with Crippen LogP contribution < -0.4 is 10.6 Å². The molecule has 0 radical (unpaired) electrons. The highest BCUT2D eigenvalue weighted by atomic mass is 32.1. The molecule has 0 bridgehead atoms. The van der Waals surface area contributed by atoms with Crippen LogP contribution in [0, 0.1) is 12.8 Å². The van der Waals surface area contributed by atoms with E-state index in [1.54, 1.807) is 0 Å². The lowest BCUT2D eigenvalue weighted by molar-refractivity contribution is 0.363. The Morgan fingerprint density at radius 2 is 2.11 bits per heavy atom. The smallest absolute Gasteiger partial charge is 0.106 e. The van der Waals surface area contributed by atoms with Crippen molar-refractivity contribution in [2.24, 2.45) is 11.7 Å². The number of piperidine rings is 1. The Hall–Kier alpha value is -1.09. The second kappa shape index (κ2) is 5.27. The summed E-state index contributed by atoms with van der Waals surface area (Å²) in [5, 5.41) is 0. The maximum atomic E-state index is 5.86. The normalized spacial score (nSPS) is 24.1. The van der Waals surface area contributed by atoms with Gasteiger partial charge in [-0.25, -0.2) is 0 Å². The molecule has 0 saturated carbocycles. The molecule has 98 valence electrons. The van der Waals surface area contributed by atoms with E-state index in [-0.39, 0.29) is 0 Å². The van der Waals surface area contributed by atoms with Gasteiger partial charge in [0, 0.05) is 23.8 Å². The molecule has 2 N–H and O–H groups in total. The maximum absolute atomic E-state index is 5.86. The fourth-order valence-electron chi connectivity index (χ4n) is 2.76. The van der Waals surface area contributed by atoms with E-state index in [1.165, 1.54) is 24.1 Å². The van der Waals surface area contributed by atoms with E-state index in [0.717, 1.165) is 18.0 Å². The SMILES string of the molecule is Cc1ccc(C(N)=S)c(N2CCCC(C)C2C)c1. The number of anilines is 1. The van der Waals surface area contributed by atoms with Crippen LogP contribution in [0.15, 0.2) is 18.2 Å². The summed E-state index contributed by atoms with van der Waals surface area (Å²) < 4.78 is 0. The van der Waals surface area contributed by atoms with Crippen molar-refractivity contribution in [1.29, 1.82) is 0 Å². The average Bonchev–Trinajstić information content (AvgIpc) is 2.32. The van der Waals surface area contributed by atoms with E-state index in [4.69, 9.17) is 18.0 Å². The molecule has 2 atom stereocenters. The molecule has 0 spiro atoms. The van der Waals surface area contributed by atoms with E-state index in [9.17, 15) is 0 Å². The van der Waals surface area contributed by atoms with Crippen LogP contribution in [-0.4, -0.2) is 17.6 Å². The number of nitrogens with zero attached hydrogens (tertiary/aromatic N) is 1. The molecule has 2 nitrogen and oxygen atoms in total. The molecule has 18 heavy (non-hydrogen) atoms. The first-order chi connectivity index (χ1) is 8.50. The predicted molar refractivity (Wildman–Crippen MR) is 82.3 cm³/mol. The molecule has 1 aromatic carbocycles. The highest BCUT2D eigenvalue weighted by Crippen LogP contribution is 2.31. The Morgan fingerprint density at radius 3 is 2.78 bits per heavy atom. The van der Waals surface area contributed by atoms with E-state index in [2.05, 4.69) is 43.9 Å². The molecule has 0 amide bonds. The minimum absolute atomic E-state index is 0.496. The van der Waals surface area contributed by atoms with Gasteiger partial charge in [0.2, 0.25) is 0 Å². The molecular weight excluding hydrogens is 240 g/mol. The summed E-state index contributed by atoms with van der Waals surface area (Å²) in [6.07, 6.45) is 2.56. The number of hydrogen-bond donors (Lipinski definition) is 1. The van der Waals surface area contributed by atoms with Crippen molar-refractivity contribution in [1.82, 2.24) is 0 Å². The van der Waals surface area contributed by atoms with E-state index >= 15 is 0 Å². The molecule has 0 aromatic heterocycles. The third-order valence-corrected chi connectivity index (χ3v) is 4.32. The van der Waals surface area contributed by atoms with Crippen LogP contribution in [0.1, 0.15) is 37.8 Å². The summed E-state index contributed by atoms with van der Waals surface area (Å²) in [5.74, 6) is 0.721. The van der Waals surface area contributed by atoms with Gasteiger partial charge < -0.3 is 10.6 Å². The van der Waals surface area contributed by atoms with Gasteiger partial charge in [-0.1, -0.05) is 25.2 Å². The Bertz CT molecular complexity index is 456. The van der Waals surface area contributed by atoms with E-state index in [1.807, 2.05) is 0 Å². The summed E-state index contributed by atoms with van der Waals surface area (Å²) in [4.78, 5) is 2.96. The molecule has 1 heterocycles. The highest BCUT2D eigenvalue weighted by molar-refractivity contribution is 7.80. The third-order valence-electron chi connectivity index (χ3n) is 4.10. The number of rotatable bonds is 2. The van der Waals surface area contributed by atoms with E-state index < -0.39 is 0 Å². The fourth-order valence-corrected chi connectivity index (χ4v) is 2.94. The van der Waals surface area contributed by atoms with Gasteiger partial charge in [-0.3, -0.25) is 0 Å². The topological polar surface area (TPSA) is 29.3 Å². The van der Waals surface area contributed by atoms with Gasteiger partial charge >= 0.3 is 0 Å². The van der Waals surface area contributed by atoms with Crippen LogP contribution >= 0.6 is 12.2 Å². The molecule has 1 aliphatic heterocycles. The molecule has 1 saturated heterocycles. The molecule has 1 aliphatic rings. The molecule has 2 rings (SSSR count).